The summed E-state index contributed by atoms with van der Waals surface area (Å²) in [7, 11) is 0. The van der Waals surface area contributed by atoms with E-state index in [4.69, 9.17) is 14.2 Å². The summed E-state index contributed by atoms with van der Waals surface area (Å²) < 4.78 is 17.7. The number of aliphatic hydroxyl groups is 1. The fourth-order valence-electron chi connectivity index (χ4n) is 7.28. The zero-order valence-corrected chi connectivity index (χ0v) is 28.1. The maximum absolute atomic E-state index is 13.8. The Kier molecular flexibility index (Phi) is 11.1. The summed E-state index contributed by atoms with van der Waals surface area (Å²) in [6.45, 7) is 6.67. The van der Waals surface area contributed by atoms with Gasteiger partial charge < -0.3 is 24.2 Å². The Hall–Kier alpha value is -2.62. The molecular formula is C37H46BrNO6. The van der Waals surface area contributed by atoms with Crippen molar-refractivity contribution in [3.05, 3.63) is 95.1 Å². The van der Waals surface area contributed by atoms with Crippen LogP contribution < -0.4 is 0 Å². The lowest BCUT2D eigenvalue weighted by Crippen LogP contribution is -2.75. The van der Waals surface area contributed by atoms with Gasteiger partial charge in [0.15, 0.2) is 12.1 Å². The number of piperidine rings is 1. The highest BCUT2D eigenvalue weighted by atomic mass is 79.9. The first-order chi connectivity index (χ1) is 21.7. The van der Waals surface area contributed by atoms with Crippen LogP contribution in [-0.2, 0) is 37.0 Å². The quantitative estimate of drug-likeness (QED) is 0.136. The minimum Gasteiger partial charge on any atom is -0.465 e. The Labute approximate surface area is 275 Å². The van der Waals surface area contributed by atoms with E-state index < -0.39 is 21.6 Å². The van der Waals surface area contributed by atoms with Gasteiger partial charge in [0.1, 0.15) is 11.0 Å². The second kappa shape index (κ2) is 14.9. The maximum Gasteiger partial charge on any atom is 0.316 e. The molecule has 2 aliphatic carbocycles. The number of rotatable bonds is 14. The van der Waals surface area contributed by atoms with Crippen LogP contribution in [0.2, 0.25) is 0 Å². The highest BCUT2D eigenvalue weighted by Gasteiger charge is 2.70. The molecule has 3 aliphatic rings. The van der Waals surface area contributed by atoms with E-state index in [2.05, 4.69) is 27.8 Å². The summed E-state index contributed by atoms with van der Waals surface area (Å²) in [4.78, 5) is 29.1. The molecule has 1 N–H and O–H groups in total. The van der Waals surface area contributed by atoms with Gasteiger partial charge in [-0.2, -0.15) is 0 Å². The number of ether oxygens (including phenoxy) is 3. The third kappa shape index (κ3) is 7.20. The van der Waals surface area contributed by atoms with Crippen LogP contribution in [0, 0.1) is 5.41 Å². The molecule has 5 rings (SSSR count). The molecule has 0 unspecified atom stereocenters. The van der Waals surface area contributed by atoms with Crippen molar-refractivity contribution in [2.45, 2.75) is 88.2 Å². The molecule has 1 saturated carbocycles. The van der Waals surface area contributed by atoms with Gasteiger partial charge in [0.25, 0.3) is 0 Å². The summed E-state index contributed by atoms with van der Waals surface area (Å²) in [5.41, 5.74) is 0.963. The second-order valence-electron chi connectivity index (χ2n) is 12.5. The van der Waals surface area contributed by atoms with Crippen LogP contribution in [-0.4, -0.2) is 64.2 Å². The zero-order valence-electron chi connectivity index (χ0n) is 26.5. The fraction of sp³-hybridized carbons (Fsp3) is 0.514. The van der Waals surface area contributed by atoms with Crippen molar-refractivity contribution < 1.29 is 28.9 Å². The predicted octanol–water partition coefficient (Wildman–Crippen LogP) is 6.68. The first-order valence-corrected chi connectivity index (χ1v) is 17.1. The van der Waals surface area contributed by atoms with Crippen molar-refractivity contribution in [3.8, 4) is 0 Å². The van der Waals surface area contributed by atoms with Crippen LogP contribution in [0.15, 0.2) is 84.0 Å². The Morgan fingerprint density at radius 2 is 1.64 bits per heavy atom. The third-order valence-corrected chi connectivity index (χ3v) is 11.0. The van der Waals surface area contributed by atoms with Crippen LogP contribution in [0.3, 0.4) is 0 Å². The van der Waals surface area contributed by atoms with E-state index in [0.717, 1.165) is 36.1 Å². The molecule has 2 aromatic carbocycles. The molecule has 2 fully saturated rings. The molecule has 8 heteroatoms. The van der Waals surface area contributed by atoms with Crippen LogP contribution in [0.4, 0.5) is 0 Å². The monoisotopic (exact) mass is 679 g/mol. The number of alkyl halides is 1. The molecule has 0 radical (unpaired) electrons. The first-order valence-electron chi connectivity index (χ1n) is 16.3. The van der Waals surface area contributed by atoms with Crippen molar-refractivity contribution in [2.75, 3.05) is 26.2 Å². The maximum atomic E-state index is 13.8. The average Bonchev–Trinajstić information content (AvgIpc) is 3.47. The summed E-state index contributed by atoms with van der Waals surface area (Å²) in [5, 5.41) is 12.8. The molecule has 1 aliphatic heterocycles. The van der Waals surface area contributed by atoms with Gasteiger partial charge in [0.2, 0.25) is 0 Å². The lowest BCUT2D eigenvalue weighted by atomic mass is 9.54. The molecule has 0 aromatic heterocycles. The van der Waals surface area contributed by atoms with Gasteiger partial charge in [0, 0.05) is 31.5 Å². The number of halogens is 1. The molecule has 3 atom stereocenters. The van der Waals surface area contributed by atoms with E-state index in [1.165, 1.54) is 0 Å². The number of carbonyl (C=O) groups is 2. The number of carbonyl (C=O) groups excluding carboxylic acids is 2. The Morgan fingerprint density at radius 1 is 1.00 bits per heavy atom. The molecule has 0 amide bonds. The van der Waals surface area contributed by atoms with Gasteiger partial charge in [-0.05, 0) is 55.9 Å². The van der Waals surface area contributed by atoms with Crippen molar-refractivity contribution >= 4 is 27.7 Å². The second-order valence-corrected chi connectivity index (χ2v) is 14.0. The van der Waals surface area contributed by atoms with E-state index in [1.807, 2.05) is 72.8 Å². The lowest BCUT2D eigenvalue weighted by Gasteiger charge is -2.62. The van der Waals surface area contributed by atoms with Gasteiger partial charge >= 0.3 is 5.97 Å². The fourth-order valence-corrected chi connectivity index (χ4v) is 8.46. The van der Waals surface area contributed by atoms with Crippen LogP contribution in [0.5, 0.6) is 0 Å². The van der Waals surface area contributed by atoms with E-state index in [9.17, 15) is 14.7 Å². The molecule has 7 nitrogen and oxygen atoms in total. The third-order valence-electron chi connectivity index (χ3n) is 9.74. The zero-order chi connectivity index (χ0) is 31.9. The SMILES string of the molecule is CCOC(=O)[C@]12CCC[C@](Br)(CN(CC)C1)[C@]2(O)C/C=C(/CC(OCc1ccccc1)OCc1ccccc1)C1=CCCC1=O. The topological polar surface area (TPSA) is 85.3 Å². The van der Waals surface area contributed by atoms with Gasteiger partial charge in [-0.25, -0.2) is 0 Å². The molecule has 2 aromatic rings. The minimum atomic E-state index is -1.42. The standard InChI is InChI=1S/C37H46BrNO6/c1-3-39-26-35(34(41)43-4-2)20-12-21-36(38,27-39)37(35,42)22-19-30(31-17-11-18-32(31)40)23-33(44-24-28-13-7-5-8-14-28)45-25-29-15-9-6-10-16-29/h5-10,13-17,19,33,42H,3-4,11-12,18,20-27H2,1-2H3/b30-19-/t35-,36-,37-/m0/s1. The predicted molar refractivity (Wildman–Crippen MR) is 178 cm³/mol. The molecule has 2 bridgehead atoms. The number of likely N-dealkylation sites (tertiary alicyclic amines) is 1. The summed E-state index contributed by atoms with van der Waals surface area (Å²) >= 11 is 3.98. The Bertz CT molecular complexity index is 1340. The number of ketones is 1. The summed E-state index contributed by atoms with van der Waals surface area (Å²) in [6, 6.07) is 19.9. The normalized spacial score (nSPS) is 27.1. The average molecular weight is 681 g/mol. The van der Waals surface area contributed by atoms with Gasteiger partial charge in [-0.3, -0.25) is 9.59 Å². The van der Waals surface area contributed by atoms with E-state index in [-0.39, 0.29) is 24.8 Å². The number of Topliss-reactive ketones (excluding diaryl/α,β-unsaturated/α-hetero) is 1. The smallest absolute Gasteiger partial charge is 0.316 e. The van der Waals surface area contributed by atoms with Crippen LogP contribution in [0.25, 0.3) is 0 Å². The number of hydrogen-bond donors (Lipinski definition) is 1. The highest BCUT2D eigenvalue weighted by Crippen LogP contribution is 2.59. The summed E-state index contributed by atoms with van der Waals surface area (Å²) in [6.07, 6.45) is 7.05. The lowest BCUT2D eigenvalue weighted by molar-refractivity contribution is -0.207. The molecule has 1 saturated heterocycles. The number of nitrogens with zero attached hydrogens (tertiary/aromatic N) is 1. The largest absolute Gasteiger partial charge is 0.465 e. The highest BCUT2D eigenvalue weighted by molar-refractivity contribution is 9.10. The molecule has 242 valence electrons. The van der Waals surface area contributed by atoms with Crippen molar-refractivity contribution in [1.82, 2.24) is 4.90 Å². The number of fused-ring (bicyclic) bond motifs is 2. The van der Waals surface area contributed by atoms with Gasteiger partial charge in [-0.1, -0.05) is 102 Å². The number of benzene rings is 2. The molecule has 45 heavy (non-hydrogen) atoms. The number of hydrogen-bond acceptors (Lipinski definition) is 7. The molecule has 0 spiro atoms. The van der Waals surface area contributed by atoms with Crippen molar-refractivity contribution in [3.63, 3.8) is 0 Å². The minimum absolute atomic E-state index is 0.0766. The molecular weight excluding hydrogens is 634 g/mol. The van der Waals surface area contributed by atoms with Gasteiger partial charge in [0.05, 0.1) is 24.1 Å². The number of esters is 1. The van der Waals surface area contributed by atoms with Crippen molar-refractivity contribution in [2.24, 2.45) is 5.41 Å². The molecule has 1 heterocycles. The van der Waals surface area contributed by atoms with Crippen molar-refractivity contribution in [1.29, 1.82) is 0 Å². The number of allylic oxidation sites excluding steroid dienone is 2. The van der Waals surface area contributed by atoms with E-state index in [1.54, 1.807) is 6.92 Å². The Balaban J connectivity index is 1.47. The van der Waals surface area contributed by atoms with Crippen LogP contribution in [0.1, 0.15) is 69.9 Å². The van der Waals surface area contributed by atoms with Gasteiger partial charge in [-0.15, -0.1) is 0 Å². The first kappa shape index (κ1) is 33.7. The summed E-state index contributed by atoms with van der Waals surface area (Å²) in [5.74, 6) is -0.275. The van der Waals surface area contributed by atoms with E-state index in [0.29, 0.717) is 57.6 Å². The Morgan fingerprint density at radius 3 is 2.20 bits per heavy atom. The van der Waals surface area contributed by atoms with E-state index >= 15 is 0 Å². The van der Waals surface area contributed by atoms with Crippen LogP contribution >= 0.6 is 15.9 Å².